The Labute approximate surface area is 143 Å². The summed E-state index contributed by atoms with van der Waals surface area (Å²) in [6.45, 7) is 5.81. The summed E-state index contributed by atoms with van der Waals surface area (Å²) >= 11 is 0. The van der Waals surface area contributed by atoms with Gasteiger partial charge in [-0.05, 0) is 29.7 Å². The first-order valence-corrected chi connectivity index (χ1v) is 7.26. The Kier molecular flexibility index (Phi) is 6.61. The van der Waals surface area contributed by atoms with Crippen molar-refractivity contribution in [3.63, 3.8) is 0 Å². The molecule has 4 nitrogen and oxygen atoms in total. The van der Waals surface area contributed by atoms with Gasteiger partial charge in [-0.3, -0.25) is 4.79 Å². The summed E-state index contributed by atoms with van der Waals surface area (Å²) in [5.74, 6) is 1.20. The molecule has 0 saturated heterocycles. The van der Waals surface area contributed by atoms with Crippen LogP contribution in [0.2, 0.25) is 0 Å². The lowest BCUT2D eigenvalue weighted by Gasteiger charge is -2.25. The smallest absolute Gasteiger partial charge is 0.241 e. The molecule has 0 aliphatic heterocycles. The molecule has 0 aliphatic rings. The normalized spacial score (nSPS) is 12.0. The number of hydrogen-bond acceptors (Lipinski definition) is 3. The molecular weight excluding hydrogens is 312 g/mol. The minimum Gasteiger partial charge on any atom is -0.457 e. The number of nitrogens with two attached hydrogens (primary N) is 1. The van der Waals surface area contributed by atoms with E-state index in [0.29, 0.717) is 11.4 Å². The van der Waals surface area contributed by atoms with Gasteiger partial charge in [0.25, 0.3) is 0 Å². The van der Waals surface area contributed by atoms with E-state index in [0.717, 1.165) is 5.75 Å². The van der Waals surface area contributed by atoms with Crippen LogP contribution in [0.25, 0.3) is 0 Å². The third kappa shape index (κ3) is 5.58. The molecule has 124 valence electrons. The standard InChI is InChI=1S/C18H22N2O2.ClH/c1-18(2,3)16(19)17(21)20-13-8-7-11-15(12-13)22-14-9-5-4-6-10-14;/h4-12,16H,19H2,1-3H3,(H,20,21);1H/t16-;/m1./s1. The number of carbonyl (C=O) groups excluding carboxylic acids is 1. The van der Waals surface area contributed by atoms with E-state index in [1.807, 2.05) is 69.3 Å². The summed E-state index contributed by atoms with van der Waals surface area (Å²) in [5, 5.41) is 2.83. The van der Waals surface area contributed by atoms with Crippen LogP contribution in [-0.4, -0.2) is 11.9 Å². The molecule has 23 heavy (non-hydrogen) atoms. The molecule has 0 spiro atoms. The highest BCUT2D eigenvalue weighted by Gasteiger charge is 2.27. The molecule has 0 fully saturated rings. The maximum absolute atomic E-state index is 12.2. The Balaban J connectivity index is 0.00000264. The lowest BCUT2D eigenvalue weighted by Crippen LogP contribution is -2.45. The van der Waals surface area contributed by atoms with Crippen LogP contribution in [0.1, 0.15) is 20.8 Å². The van der Waals surface area contributed by atoms with Crippen LogP contribution in [0.15, 0.2) is 54.6 Å². The lowest BCUT2D eigenvalue weighted by molar-refractivity contribution is -0.119. The monoisotopic (exact) mass is 334 g/mol. The average Bonchev–Trinajstić information content (AvgIpc) is 2.47. The molecule has 2 rings (SSSR count). The third-order valence-corrected chi connectivity index (χ3v) is 3.30. The molecule has 0 radical (unpaired) electrons. The minimum atomic E-state index is -0.578. The van der Waals surface area contributed by atoms with Crippen molar-refractivity contribution in [1.82, 2.24) is 0 Å². The van der Waals surface area contributed by atoms with E-state index in [-0.39, 0.29) is 23.7 Å². The topological polar surface area (TPSA) is 64.4 Å². The van der Waals surface area contributed by atoms with Gasteiger partial charge in [-0.2, -0.15) is 0 Å². The van der Waals surface area contributed by atoms with E-state index in [2.05, 4.69) is 5.32 Å². The zero-order valence-corrected chi connectivity index (χ0v) is 14.4. The second kappa shape index (κ2) is 7.99. The van der Waals surface area contributed by atoms with Crippen LogP contribution in [0.4, 0.5) is 5.69 Å². The van der Waals surface area contributed by atoms with E-state index >= 15 is 0 Å². The van der Waals surface area contributed by atoms with Gasteiger partial charge in [-0.25, -0.2) is 0 Å². The third-order valence-electron chi connectivity index (χ3n) is 3.30. The number of rotatable bonds is 4. The van der Waals surface area contributed by atoms with Crippen molar-refractivity contribution in [3.8, 4) is 11.5 Å². The van der Waals surface area contributed by atoms with Crippen molar-refractivity contribution in [2.75, 3.05) is 5.32 Å². The van der Waals surface area contributed by atoms with Crippen molar-refractivity contribution in [3.05, 3.63) is 54.6 Å². The van der Waals surface area contributed by atoms with Gasteiger partial charge in [0, 0.05) is 11.8 Å². The Morgan fingerprint density at radius 3 is 2.26 bits per heavy atom. The second-order valence-corrected chi connectivity index (χ2v) is 6.28. The maximum atomic E-state index is 12.2. The van der Waals surface area contributed by atoms with Gasteiger partial charge in [0.05, 0.1) is 6.04 Å². The zero-order chi connectivity index (χ0) is 16.2. The Bertz CT molecular complexity index is 639. The van der Waals surface area contributed by atoms with Crippen molar-refractivity contribution >= 4 is 24.0 Å². The number of amides is 1. The Hall–Kier alpha value is -2.04. The Morgan fingerprint density at radius 1 is 1.04 bits per heavy atom. The second-order valence-electron chi connectivity index (χ2n) is 6.28. The molecule has 0 unspecified atom stereocenters. The molecule has 0 aromatic heterocycles. The van der Waals surface area contributed by atoms with Crippen LogP contribution < -0.4 is 15.8 Å². The predicted molar refractivity (Wildman–Crippen MR) is 96.3 cm³/mol. The van der Waals surface area contributed by atoms with Crippen molar-refractivity contribution < 1.29 is 9.53 Å². The number of carbonyl (C=O) groups is 1. The average molecular weight is 335 g/mol. The first-order valence-electron chi connectivity index (χ1n) is 7.26. The molecule has 2 aromatic carbocycles. The van der Waals surface area contributed by atoms with E-state index < -0.39 is 6.04 Å². The molecule has 5 heteroatoms. The number of hydrogen-bond donors (Lipinski definition) is 2. The SMILES string of the molecule is CC(C)(C)[C@H](N)C(=O)Nc1cccc(Oc2ccccc2)c1.Cl. The highest BCUT2D eigenvalue weighted by molar-refractivity contribution is 5.95. The first-order chi connectivity index (χ1) is 10.4. The molecule has 0 saturated carbocycles. The molecule has 1 amide bonds. The molecule has 1 atom stereocenters. The predicted octanol–water partition coefficient (Wildman–Crippen LogP) is 4.21. The van der Waals surface area contributed by atoms with Crippen molar-refractivity contribution in [1.29, 1.82) is 0 Å². The Morgan fingerprint density at radius 2 is 1.65 bits per heavy atom. The number of benzene rings is 2. The summed E-state index contributed by atoms with van der Waals surface area (Å²) in [6, 6.07) is 16.2. The number of anilines is 1. The highest BCUT2D eigenvalue weighted by atomic mass is 35.5. The number of halogens is 1. The van der Waals surface area contributed by atoms with Gasteiger partial charge in [0.15, 0.2) is 0 Å². The lowest BCUT2D eigenvalue weighted by atomic mass is 9.87. The van der Waals surface area contributed by atoms with Gasteiger partial charge in [-0.1, -0.05) is 45.0 Å². The molecule has 0 bridgehead atoms. The quantitative estimate of drug-likeness (QED) is 0.880. The molecule has 3 N–H and O–H groups in total. The zero-order valence-electron chi connectivity index (χ0n) is 13.6. The van der Waals surface area contributed by atoms with Crippen LogP contribution in [-0.2, 0) is 4.79 Å². The number of para-hydroxylation sites is 1. The van der Waals surface area contributed by atoms with E-state index in [1.54, 1.807) is 6.07 Å². The molecular formula is C18H23ClN2O2. The summed E-state index contributed by atoms with van der Waals surface area (Å²) in [4.78, 5) is 12.2. The first kappa shape index (κ1) is 19.0. The van der Waals surface area contributed by atoms with Gasteiger partial charge >= 0.3 is 0 Å². The molecule has 0 heterocycles. The fourth-order valence-electron chi connectivity index (χ4n) is 1.88. The maximum Gasteiger partial charge on any atom is 0.241 e. The number of ether oxygens (including phenoxy) is 1. The van der Waals surface area contributed by atoms with Crippen LogP contribution in [0.3, 0.4) is 0 Å². The van der Waals surface area contributed by atoms with Crippen LogP contribution in [0, 0.1) is 5.41 Å². The molecule has 0 aliphatic carbocycles. The fraction of sp³-hybridized carbons (Fsp3) is 0.278. The number of nitrogens with one attached hydrogen (secondary N) is 1. The van der Waals surface area contributed by atoms with Crippen molar-refractivity contribution in [2.24, 2.45) is 11.1 Å². The van der Waals surface area contributed by atoms with Crippen LogP contribution >= 0.6 is 12.4 Å². The summed E-state index contributed by atoms with van der Waals surface area (Å²) in [5.41, 5.74) is 6.34. The summed E-state index contributed by atoms with van der Waals surface area (Å²) in [7, 11) is 0. The van der Waals surface area contributed by atoms with Gasteiger partial charge in [0.1, 0.15) is 11.5 Å². The summed E-state index contributed by atoms with van der Waals surface area (Å²) < 4.78 is 5.75. The van der Waals surface area contributed by atoms with Gasteiger partial charge in [-0.15, -0.1) is 12.4 Å². The largest absolute Gasteiger partial charge is 0.457 e. The molecule has 2 aromatic rings. The highest BCUT2D eigenvalue weighted by Crippen LogP contribution is 2.24. The van der Waals surface area contributed by atoms with Gasteiger partial charge in [0.2, 0.25) is 5.91 Å². The minimum absolute atomic E-state index is 0. The van der Waals surface area contributed by atoms with Gasteiger partial charge < -0.3 is 15.8 Å². The van der Waals surface area contributed by atoms with E-state index in [9.17, 15) is 4.79 Å². The fourth-order valence-corrected chi connectivity index (χ4v) is 1.88. The van der Waals surface area contributed by atoms with E-state index in [4.69, 9.17) is 10.5 Å². The van der Waals surface area contributed by atoms with E-state index in [1.165, 1.54) is 0 Å². The summed E-state index contributed by atoms with van der Waals surface area (Å²) in [6.07, 6.45) is 0. The van der Waals surface area contributed by atoms with Crippen molar-refractivity contribution in [2.45, 2.75) is 26.8 Å². The van der Waals surface area contributed by atoms with Crippen LogP contribution in [0.5, 0.6) is 11.5 Å².